The van der Waals surface area contributed by atoms with Gasteiger partial charge in [0.2, 0.25) is 0 Å². The zero-order valence-corrected chi connectivity index (χ0v) is 16.9. The Morgan fingerprint density at radius 2 is 2.06 bits per heavy atom. The second-order valence-corrected chi connectivity index (χ2v) is 8.21. The molecule has 160 valence electrons. The Morgan fingerprint density at radius 1 is 1.26 bits per heavy atom. The van der Waals surface area contributed by atoms with Crippen LogP contribution in [0.4, 0.5) is 21.7 Å². The van der Waals surface area contributed by atoms with E-state index in [0.29, 0.717) is 19.1 Å². The first-order valence-corrected chi connectivity index (χ1v) is 10.0. The first kappa shape index (κ1) is 19.4. The molecule has 10 heteroatoms. The maximum Gasteiger partial charge on any atom is 0.415 e. The van der Waals surface area contributed by atoms with E-state index in [-0.39, 0.29) is 11.6 Å². The fourth-order valence-electron chi connectivity index (χ4n) is 4.20. The number of halogens is 1. The Balaban J connectivity index is 1.23. The Bertz CT molecular complexity index is 1120. The minimum Gasteiger partial charge on any atom is -0.436 e. The smallest absolute Gasteiger partial charge is 0.415 e. The topological polar surface area (TPSA) is 98.4 Å². The quantitative estimate of drug-likeness (QED) is 0.496. The number of pyridine rings is 1. The number of rotatable bonds is 5. The van der Waals surface area contributed by atoms with Gasteiger partial charge in [0.1, 0.15) is 23.4 Å². The van der Waals surface area contributed by atoms with Crippen LogP contribution in [0.2, 0.25) is 0 Å². The van der Waals surface area contributed by atoms with Crippen LogP contribution in [0.5, 0.6) is 6.01 Å². The SMILES string of the molecule is C[C@]1(CN2CCc3nc(Nc4ccc(F)cc4)ccc3C2)Cn2cc([N+](=O)[O-])nc2O1. The van der Waals surface area contributed by atoms with Crippen LogP contribution < -0.4 is 10.1 Å². The molecule has 9 nitrogen and oxygen atoms in total. The van der Waals surface area contributed by atoms with Crippen molar-refractivity contribution in [2.45, 2.75) is 32.0 Å². The summed E-state index contributed by atoms with van der Waals surface area (Å²) in [7, 11) is 0. The molecule has 0 unspecified atom stereocenters. The number of nitrogens with one attached hydrogen (secondary N) is 1. The predicted molar refractivity (Wildman–Crippen MR) is 111 cm³/mol. The number of hydrogen-bond acceptors (Lipinski definition) is 7. The molecule has 31 heavy (non-hydrogen) atoms. The molecule has 2 aliphatic rings. The Labute approximate surface area is 177 Å². The largest absolute Gasteiger partial charge is 0.436 e. The third kappa shape index (κ3) is 3.93. The molecule has 0 fully saturated rings. The van der Waals surface area contributed by atoms with E-state index >= 15 is 0 Å². The maximum atomic E-state index is 13.1. The van der Waals surface area contributed by atoms with E-state index in [2.05, 4.69) is 21.3 Å². The molecule has 0 aliphatic carbocycles. The molecule has 0 radical (unpaired) electrons. The van der Waals surface area contributed by atoms with Crippen molar-refractivity contribution >= 4 is 17.3 Å². The van der Waals surface area contributed by atoms with E-state index in [9.17, 15) is 14.5 Å². The Morgan fingerprint density at radius 3 is 2.81 bits per heavy atom. The molecule has 0 bridgehead atoms. The molecule has 2 aromatic heterocycles. The molecule has 0 amide bonds. The van der Waals surface area contributed by atoms with Crippen LogP contribution >= 0.6 is 0 Å². The minimum atomic E-state index is -0.514. The van der Waals surface area contributed by atoms with Crippen LogP contribution in [0, 0.1) is 15.9 Å². The summed E-state index contributed by atoms with van der Waals surface area (Å²) in [6.07, 6.45) is 2.23. The molecule has 4 heterocycles. The van der Waals surface area contributed by atoms with Crippen LogP contribution in [0.1, 0.15) is 18.2 Å². The van der Waals surface area contributed by atoms with Crippen LogP contribution in [-0.2, 0) is 19.5 Å². The van der Waals surface area contributed by atoms with Gasteiger partial charge in [0.05, 0.1) is 6.54 Å². The average Bonchev–Trinajstić information content (AvgIpc) is 3.25. The normalized spacial score (nSPS) is 20.1. The maximum absolute atomic E-state index is 13.1. The molecule has 0 saturated heterocycles. The lowest BCUT2D eigenvalue weighted by atomic mass is 10.0. The van der Waals surface area contributed by atoms with Gasteiger partial charge in [-0.25, -0.2) is 9.37 Å². The van der Waals surface area contributed by atoms with Gasteiger partial charge in [-0.1, -0.05) is 6.07 Å². The zero-order chi connectivity index (χ0) is 21.6. The lowest BCUT2D eigenvalue weighted by molar-refractivity contribution is -0.389. The van der Waals surface area contributed by atoms with E-state index in [0.717, 1.165) is 42.3 Å². The third-order valence-electron chi connectivity index (χ3n) is 5.56. The number of ether oxygens (including phenoxy) is 1. The van der Waals surface area contributed by atoms with Crippen LogP contribution in [0.3, 0.4) is 0 Å². The van der Waals surface area contributed by atoms with Crippen molar-refractivity contribution in [3.05, 3.63) is 69.8 Å². The summed E-state index contributed by atoms with van der Waals surface area (Å²) >= 11 is 0. The molecule has 1 atom stereocenters. The number of fused-ring (bicyclic) bond motifs is 2. The highest BCUT2D eigenvalue weighted by Gasteiger charge is 2.41. The van der Waals surface area contributed by atoms with Crippen molar-refractivity contribution in [2.24, 2.45) is 0 Å². The number of hydrogen-bond donors (Lipinski definition) is 1. The number of imidazole rings is 1. The molecule has 2 aliphatic heterocycles. The summed E-state index contributed by atoms with van der Waals surface area (Å²) in [6.45, 7) is 4.78. The predicted octanol–water partition coefficient (Wildman–Crippen LogP) is 3.28. The van der Waals surface area contributed by atoms with E-state index in [4.69, 9.17) is 9.72 Å². The standard InChI is InChI=1S/C21H21FN6O3/c1-21(13-27-11-19(28(29)30)25-20(27)31-21)12-26-9-8-17-14(10-26)2-7-18(24-17)23-16-5-3-15(22)4-6-16/h2-7,11H,8-10,12-13H2,1H3,(H,23,24)/t21-/m0/s1. The van der Waals surface area contributed by atoms with Gasteiger partial charge in [-0.3, -0.25) is 9.47 Å². The molecule has 3 aromatic rings. The first-order valence-electron chi connectivity index (χ1n) is 10.0. The summed E-state index contributed by atoms with van der Waals surface area (Å²) in [5.74, 6) is 0.266. The van der Waals surface area contributed by atoms with Gasteiger partial charge in [0.15, 0.2) is 0 Å². The summed E-state index contributed by atoms with van der Waals surface area (Å²) in [5, 5.41) is 14.1. The second kappa shape index (κ2) is 7.31. The van der Waals surface area contributed by atoms with Crippen molar-refractivity contribution in [1.29, 1.82) is 0 Å². The van der Waals surface area contributed by atoms with Crippen molar-refractivity contribution < 1.29 is 14.1 Å². The van der Waals surface area contributed by atoms with Gasteiger partial charge >= 0.3 is 11.8 Å². The molecule has 0 saturated carbocycles. The van der Waals surface area contributed by atoms with Gasteiger partial charge in [-0.2, -0.15) is 0 Å². The number of anilines is 2. The highest BCUT2D eigenvalue weighted by Crippen LogP contribution is 2.32. The van der Waals surface area contributed by atoms with Gasteiger partial charge in [-0.15, -0.1) is 0 Å². The summed E-state index contributed by atoms with van der Waals surface area (Å²) in [5.41, 5.74) is 2.50. The molecule has 1 N–H and O–H groups in total. The van der Waals surface area contributed by atoms with Crippen LogP contribution in [0.25, 0.3) is 0 Å². The van der Waals surface area contributed by atoms with E-state index in [1.54, 1.807) is 16.7 Å². The van der Waals surface area contributed by atoms with Crippen molar-refractivity contribution in [3.63, 3.8) is 0 Å². The molecular formula is C21H21FN6O3. The molecule has 5 rings (SSSR count). The van der Waals surface area contributed by atoms with Gasteiger partial charge in [0.25, 0.3) is 0 Å². The summed E-state index contributed by atoms with van der Waals surface area (Å²) in [4.78, 5) is 21.3. The Kier molecular flexibility index (Phi) is 4.58. The van der Waals surface area contributed by atoms with Crippen molar-refractivity contribution in [2.75, 3.05) is 18.4 Å². The minimum absolute atomic E-state index is 0.194. The lowest BCUT2D eigenvalue weighted by Gasteiger charge is -2.34. The fraction of sp³-hybridized carbons (Fsp3) is 0.333. The molecule has 1 aromatic carbocycles. The highest BCUT2D eigenvalue weighted by atomic mass is 19.1. The van der Waals surface area contributed by atoms with Gasteiger partial charge in [-0.05, 0) is 47.7 Å². The van der Waals surface area contributed by atoms with Crippen molar-refractivity contribution in [1.82, 2.24) is 19.4 Å². The molecule has 0 spiro atoms. The number of benzene rings is 1. The monoisotopic (exact) mass is 424 g/mol. The summed E-state index contributed by atoms with van der Waals surface area (Å²) in [6, 6.07) is 10.5. The number of nitro groups is 1. The fourth-order valence-corrected chi connectivity index (χ4v) is 4.20. The summed E-state index contributed by atoms with van der Waals surface area (Å²) < 4.78 is 20.7. The van der Waals surface area contributed by atoms with Gasteiger partial charge in [0, 0.05) is 42.4 Å². The average molecular weight is 424 g/mol. The lowest BCUT2D eigenvalue weighted by Crippen LogP contribution is -2.46. The van der Waals surface area contributed by atoms with Gasteiger partial charge < -0.3 is 20.2 Å². The van der Waals surface area contributed by atoms with E-state index in [1.165, 1.54) is 18.3 Å². The third-order valence-corrected chi connectivity index (χ3v) is 5.56. The Hall–Kier alpha value is -3.53. The van der Waals surface area contributed by atoms with Crippen LogP contribution in [-0.4, -0.2) is 43.0 Å². The first-order chi connectivity index (χ1) is 14.9. The van der Waals surface area contributed by atoms with E-state index < -0.39 is 10.5 Å². The number of aromatic nitrogens is 3. The second-order valence-electron chi connectivity index (χ2n) is 8.21. The van der Waals surface area contributed by atoms with Crippen molar-refractivity contribution in [3.8, 4) is 6.01 Å². The van der Waals surface area contributed by atoms with Crippen LogP contribution in [0.15, 0.2) is 42.6 Å². The zero-order valence-electron chi connectivity index (χ0n) is 16.9. The highest BCUT2D eigenvalue weighted by molar-refractivity contribution is 5.56. The number of nitrogens with zero attached hydrogens (tertiary/aromatic N) is 5. The molecular weight excluding hydrogens is 403 g/mol. The van der Waals surface area contributed by atoms with E-state index in [1.807, 2.05) is 13.0 Å².